The summed E-state index contributed by atoms with van der Waals surface area (Å²) >= 11 is 0. The van der Waals surface area contributed by atoms with Crippen molar-refractivity contribution in [2.24, 2.45) is 0 Å². The Hall–Kier alpha value is -4.84. The van der Waals surface area contributed by atoms with Gasteiger partial charge in [0.2, 0.25) is 0 Å². The van der Waals surface area contributed by atoms with Gasteiger partial charge in [-0.1, -0.05) is 54.6 Å². The zero-order valence-corrected chi connectivity index (χ0v) is 18.7. The van der Waals surface area contributed by atoms with E-state index in [0.717, 1.165) is 5.76 Å². The van der Waals surface area contributed by atoms with Gasteiger partial charge in [0.05, 0.1) is 22.3 Å². The van der Waals surface area contributed by atoms with Gasteiger partial charge in [0.15, 0.2) is 17.3 Å². The van der Waals surface area contributed by atoms with Crippen LogP contribution in [0.2, 0.25) is 0 Å². The average Bonchev–Trinajstić information content (AvgIpc) is 3.32. The van der Waals surface area contributed by atoms with Gasteiger partial charge in [-0.3, -0.25) is 14.4 Å². The molecular formula is C29H18N2O4. The minimum Gasteiger partial charge on any atom is -0.460 e. The minimum absolute atomic E-state index is 0.199. The molecule has 0 aliphatic heterocycles. The molecule has 1 N–H and O–H groups in total. The van der Waals surface area contributed by atoms with Gasteiger partial charge in [0.1, 0.15) is 11.5 Å². The number of aryl methyl sites for hydroxylation is 1. The van der Waals surface area contributed by atoms with Crippen LogP contribution < -0.4 is 5.32 Å². The maximum absolute atomic E-state index is 13.6. The number of carbonyl (C=O) groups excluding carboxylic acids is 3. The fraction of sp³-hybridized carbons (Fsp3) is 0.0345. The fourth-order valence-corrected chi connectivity index (χ4v) is 4.50. The Morgan fingerprint density at radius 1 is 0.800 bits per heavy atom. The van der Waals surface area contributed by atoms with E-state index >= 15 is 0 Å². The molecule has 0 radical (unpaired) electrons. The summed E-state index contributed by atoms with van der Waals surface area (Å²) in [5.74, 6) is 0.339. The number of aromatic nitrogens is 1. The molecule has 1 aliphatic carbocycles. The molecule has 0 saturated heterocycles. The first-order chi connectivity index (χ1) is 17.0. The highest BCUT2D eigenvalue weighted by atomic mass is 16.3. The number of hydrogen-bond donors (Lipinski definition) is 1. The third kappa shape index (κ3) is 3.35. The van der Waals surface area contributed by atoms with E-state index in [9.17, 15) is 14.4 Å². The van der Waals surface area contributed by atoms with E-state index in [1.807, 2.05) is 43.3 Å². The van der Waals surface area contributed by atoms with Crippen molar-refractivity contribution in [2.45, 2.75) is 6.92 Å². The second kappa shape index (κ2) is 7.88. The molecule has 6 nitrogen and oxygen atoms in total. The molecule has 0 spiro atoms. The van der Waals surface area contributed by atoms with E-state index in [1.165, 1.54) is 0 Å². The van der Waals surface area contributed by atoms with Crippen LogP contribution in [-0.4, -0.2) is 22.5 Å². The van der Waals surface area contributed by atoms with Crippen LogP contribution in [0.25, 0.3) is 22.4 Å². The number of hydrogen-bond acceptors (Lipinski definition) is 5. The van der Waals surface area contributed by atoms with Crippen molar-refractivity contribution in [3.63, 3.8) is 0 Å². The molecule has 3 aromatic carbocycles. The van der Waals surface area contributed by atoms with Gasteiger partial charge in [-0.2, -0.15) is 0 Å². The highest BCUT2D eigenvalue weighted by Crippen LogP contribution is 2.33. The van der Waals surface area contributed by atoms with Crippen LogP contribution in [0.4, 0.5) is 5.69 Å². The van der Waals surface area contributed by atoms with Crippen molar-refractivity contribution in [1.82, 2.24) is 4.98 Å². The van der Waals surface area contributed by atoms with Crippen LogP contribution in [0.5, 0.6) is 0 Å². The van der Waals surface area contributed by atoms with Gasteiger partial charge in [0.25, 0.3) is 5.91 Å². The lowest BCUT2D eigenvalue weighted by Gasteiger charge is -2.20. The van der Waals surface area contributed by atoms with Gasteiger partial charge in [0, 0.05) is 22.1 Å². The number of amides is 1. The number of nitrogens with one attached hydrogen (secondary N) is 1. The molecule has 1 aliphatic rings. The summed E-state index contributed by atoms with van der Waals surface area (Å²) in [6, 6.07) is 24.3. The lowest BCUT2D eigenvalue weighted by Crippen LogP contribution is -2.24. The van der Waals surface area contributed by atoms with Crippen molar-refractivity contribution < 1.29 is 18.8 Å². The number of nitrogens with zero attached hydrogens (tertiary/aromatic N) is 1. The van der Waals surface area contributed by atoms with Crippen molar-refractivity contribution in [2.75, 3.05) is 5.32 Å². The van der Waals surface area contributed by atoms with Crippen molar-refractivity contribution >= 4 is 34.1 Å². The molecule has 0 unspecified atom stereocenters. The summed E-state index contributed by atoms with van der Waals surface area (Å²) in [5, 5.41) is 3.54. The highest BCUT2D eigenvalue weighted by Gasteiger charge is 2.32. The third-order valence-electron chi connectivity index (χ3n) is 6.15. The van der Waals surface area contributed by atoms with E-state index in [2.05, 4.69) is 10.3 Å². The Labute approximate surface area is 200 Å². The first-order valence-electron chi connectivity index (χ1n) is 11.1. The van der Waals surface area contributed by atoms with E-state index in [1.54, 1.807) is 48.5 Å². The standard InChI is InChI=1S/C29H18N2O4/c1-16-13-14-25(35-16)24-15-21(17-7-4-5-11-22(17)30-24)29(34)31-23-12-6-10-20-26(23)28(33)19-9-3-2-8-18(19)27(20)32/h2-15H,1H3,(H,31,34). The number of ketones is 2. The predicted molar refractivity (Wildman–Crippen MR) is 132 cm³/mol. The van der Waals surface area contributed by atoms with Crippen LogP contribution in [0.3, 0.4) is 0 Å². The van der Waals surface area contributed by atoms with E-state index < -0.39 is 5.91 Å². The monoisotopic (exact) mass is 458 g/mol. The normalized spacial score (nSPS) is 12.4. The lowest BCUT2D eigenvalue weighted by molar-refractivity contribution is 0.0978. The molecule has 2 heterocycles. The number of carbonyl (C=O) groups is 3. The summed E-state index contributed by atoms with van der Waals surface area (Å²) in [4.78, 5) is 44.6. The SMILES string of the molecule is Cc1ccc(-c2cc(C(=O)Nc3cccc4c3C(=O)c3ccccc3C4=O)c3ccccc3n2)o1. The molecule has 35 heavy (non-hydrogen) atoms. The van der Waals surface area contributed by atoms with Crippen LogP contribution in [-0.2, 0) is 0 Å². The Kier molecular flexibility index (Phi) is 4.67. The topological polar surface area (TPSA) is 89.3 Å². The lowest BCUT2D eigenvalue weighted by atomic mass is 9.83. The predicted octanol–water partition coefficient (Wildman–Crippen LogP) is 5.83. The number of rotatable bonds is 3. The second-order valence-corrected chi connectivity index (χ2v) is 8.37. The number of fused-ring (bicyclic) bond motifs is 3. The van der Waals surface area contributed by atoms with E-state index in [-0.39, 0.29) is 28.4 Å². The molecule has 0 bridgehead atoms. The molecule has 2 aromatic heterocycles. The molecule has 1 amide bonds. The Balaban J connectivity index is 1.45. The van der Waals surface area contributed by atoms with Crippen molar-refractivity contribution in [1.29, 1.82) is 0 Å². The number of pyridine rings is 1. The quantitative estimate of drug-likeness (QED) is 0.360. The molecule has 0 saturated carbocycles. The minimum atomic E-state index is -0.416. The highest BCUT2D eigenvalue weighted by molar-refractivity contribution is 6.31. The molecule has 5 aromatic rings. The molecule has 168 valence electrons. The number of anilines is 1. The fourth-order valence-electron chi connectivity index (χ4n) is 4.50. The van der Waals surface area contributed by atoms with Gasteiger partial charge in [-0.05, 0) is 37.3 Å². The summed E-state index contributed by atoms with van der Waals surface area (Å²) in [6.45, 7) is 1.84. The van der Waals surface area contributed by atoms with E-state index in [0.29, 0.717) is 39.0 Å². The first-order valence-corrected chi connectivity index (χ1v) is 11.1. The zero-order chi connectivity index (χ0) is 24.1. The Morgan fingerprint density at radius 2 is 1.51 bits per heavy atom. The number of benzene rings is 3. The summed E-state index contributed by atoms with van der Waals surface area (Å²) in [7, 11) is 0. The van der Waals surface area contributed by atoms with Crippen LogP contribution in [0, 0.1) is 6.92 Å². The number of furan rings is 1. The Bertz CT molecular complexity index is 1700. The molecular weight excluding hydrogens is 440 g/mol. The number of para-hydroxylation sites is 1. The van der Waals surface area contributed by atoms with Crippen LogP contribution in [0.15, 0.2) is 89.3 Å². The summed E-state index contributed by atoms with van der Waals surface area (Å²) in [5.41, 5.74) is 3.01. The molecule has 0 fully saturated rings. The summed E-state index contributed by atoms with van der Waals surface area (Å²) < 4.78 is 5.73. The van der Waals surface area contributed by atoms with Gasteiger partial charge >= 0.3 is 0 Å². The maximum atomic E-state index is 13.6. The molecule has 6 rings (SSSR count). The molecule has 0 atom stereocenters. The summed E-state index contributed by atoms with van der Waals surface area (Å²) in [6.07, 6.45) is 0. The smallest absolute Gasteiger partial charge is 0.256 e. The molecule has 6 heteroatoms. The van der Waals surface area contributed by atoms with Gasteiger partial charge < -0.3 is 9.73 Å². The van der Waals surface area contributed by atoms with Crippen molar-refractivity contribution in [3.8, 4) is 11.5 Å². The zero-order valence-electron chi connectivity index (χ0n) is 18.7. The Morgan fingerprint density at radius 3 is 2.29 bits per heavy atom. The van der Waals surface area contributed by atoms with Gasteiger partial charge in [-0.15, -0.1) is 0 Å². The van der Waals surface area contributed by atoms with E-state index in [4.69, 9.17) is 4.42 Å². The van der Waals surface area contributed by atoms with Crippen LogP contribution >= 0.6 is 0 Å². The average molecular weight is 458 g/mol. The maximum Gasteiger partial charge on any atom is 0.256 e. The largest absolute Gasteiger partial charge is 0.460 e. The van der Waals surface area contributed by atoms with Gasteiger partial charge in [-0.25, -0.2) is 4.98 Å². The second-order valence-electron chi connectivity index (χ2n) is 8.37. The first kappa shape index (κ1) is 20.7. The van der Waals surface area contributed by atoms with Crippen LogP contribution in [0.1, 0.15) is 48.0 Å². The van der Waals surface area contributed by atoms with Crippen molar-refractivity contribution in [3.05, 3.63) is 119 Å². The third-order valence-corrected chi connectivity index (χ3v) is 6.15.